The third kappa shape index (κ3) is 4.60. The maximum Gasteiger partial charge on any atom is 0.573 e. The molecule has 1 heterocycles. The summed E-state index contributed by atoms with van der Waals surface area (Å²) in [6, 6.07) is 6.58. The first-order valence-corrected chi connectivity index (χ1v) is 5.75. The van der Waals surface area contributed by atoms with E-state index < -0.39 is 12.1 Å². The van der Waals surface area contributed by atoms with Gasteiger partial charge in [0, 0.05) is 12.6 Å². The van der Waals surface area contributed by atoms with Crippen molar-refractivity contribution in [3.63, 3.8) is 0 Å². The fraction of sp³-hybridized carbons (Fsp3) is 0.500. The molecular weight excluding hydrogens is 263 g/mol. The Balaban J connectivity index is 1.95. The van der Waals surface area contributed by atoms with Gasteiger partial charge in [-0.25, -0.2) is 0 Å². The molecule has 1 aromatic rings. The molecule has 1 aliphatic heterocycles. The second kappa shape index (κ2) is 6.12. The molecule has 0 amide bonds. The molecule has 105 valence electrons. The van der Waals surface area contributed by atoms with Gasteiger partial charge in [-0.15, -0.1) is 13.2 Å². The van der Waals surface area contributed by atoms with Crippen LogP contribution >= 0.6 is 0 Å². The highest BCUT2D eigenvalue weighted by atomic mass is 19.4. The molecule has 19 heavy (non-hydrogen) atoms. The molecule has 0 aromatic heterocycles. The van der Waals surface area contributed by atoms with E-state index in [9.17, 15) is 13.2 Å². The van der Waals surface area contributed by atoms with Crippen LogP contribution in [0.15, 0.2) is 18.2 Å². The summed E-state index contributed by atoms with van der Waals surface area (Å²) in [6.07, 6.45) is -4.76. The van der Waals surface area contributed by atoms with E-state index in [4.69, 9.17) is 9.47 Å². The summed E-state index contributed by atoms with van der Waals surface area (Å²) < 4.78 is 50.9. The Morgan fingerprint density at radius 3 is 3.00 bits per heavy atom. The van der Waals surface area contributed by atoms with Crippen LogP contribution in [-0.4, -0.2) is 38.8 Å². The van der Waals surface area contributed by atoms with Crippen LogP contribution in [0.4, 0.5) is 13.2 Å². The Kier molecular flexibility index (Phi) is 4.49. The monoisotopic (exact) mass is 276 g/mol. The molecule has 1 atom stereocenters. The zero-order chi connectivity index (χ0) is 13.7. The average molecular weight is 276 g/mol. The first kappa shape index (κ1) is 14.0. The molecule has 0 aliphatic carbocycles. The first-order chi connectivity index (χ1) is 9.04. The van der Waals surface area contributed by atoms with Gasteiger partial charge in [0.1, 0.15) is 6.61 Å². The Labute approximate surface area is 108 Å². The van der Waals surface area contributed by atoms with Crippen LogP contribution in [-0.2, 0) is 4.74 Å². The molecule has 0 bridgehead atoms. The van der Waals surface area contributed by atoms with Crippen molar-refractivity contribution in [1.29, 1.82) is 0 Å². The topological polar surface area (TPSA) is 39.7 Å². The SMILES string of the molecule is FC(F)(F)Oc1[c]cccc1OC[C@H]1COCCN1. The van der Waals surface area contributed by atoms with Crippen LogP contribution in [0.3, 0.4) is 0 Å². The molecule has 4 nitrogen and oxygen atoms in total. The van der Waals surface area contributed by atoms with Gasteiger partial charge in [0.2, 0.25) is 0 Å². The van der Waals surface area contributed by atoms with Gasteiger partial charge in [0.25, 0.3) is 0 Å². The maximum absolute atomic E-state index is 12.2. The minimum atomic E-state index is -4.76. The largest absolute Gasteiger partial charge is 0.573 e. The number of hydrogen-bond acceptors (Lipinski definition) is 4. The van der Waals surface area contributed by atoms with Crippen LogP contribution in [0.5, 0.6) is 11.5 Å². The highest BCUT2D eigenvalue weighted by molar-refractivity contribution is 5.38. The van der Waals surface area contributed by atoms with Gasteiger partial charge in [-0.3, -0.25) is 0 Å². The fourth-order valence-electron chi connectivity index (χ4n) is 1.63. The maximum atomic E-state index is 12.2. The van der Waals surface area contributed by atoms with E-state index >= 15 is 0 Å². The van der Waals surface area contributed by atoms with Crippen molar-refractivity contribution < 1.29 is 27.4 Å². The van der Waals surface area contributed by atoms with E-state index in [1.807, 2.05) is 0 Å². The lowest BCUT2D eigenvalue weighted by Crippen LogP contribution is -2.44. The Hall–Kier alpha value is -1.47. The van der Waals surface area contributed by atoms with Gasteiger partial charge in [-0.1, -0.05) is 12.1 Å². The van der Waals surface area contributed by atoms with E-state index in [-0.39, 0.29) is 18.4 Å². The van der Waals surface area contributed by atoms with Crippen molar-refractivity contribution in [2.75, 3.05) is 26.4 Å². The molecule has 0 unspecified atom stereocenters. The molecule has 1 saturated heterocycles. The van der Waals surface area contributed by atoms with E-state index in [0.717, 1.165) is 0 Å². The van der Waals surface area contributed by atoms with Crippen molar-refractivity contribution >= 4 is 0 Å². The van der Waals surface area contributed by atoms with Crippen LogP contribution in [0.2, 0.25) is 0 Å². The van der Waals surface area contributed by atoms with Crippen molar-refractivity contribution in [1.82, 2.24) is 5.32 Å². The Morgan fingerprint density at radius 2 is 2.32 bits per heavy atom. The van der Waals surface area contributed by atoms with E-state index in [0.29, 0.717) is 19.8 Å². The summed E-state index contributed by atoms with van der Waals surface area (Å²) >= 11 is 0. The van der Waals surface area contributed by atoms with Crippen LogP contribution < -0.4 is 14.8 Å². The summed E-state index contributed by atoms with van der Waals surface area (Å²) in [6.45, 7) is 1.98. The molecule has 1 aromatic carbocycles. The molecule has 0 saturated carbocycles. The lowest BCUT2D eigenvalue weighted by Gasteiger charge is -2.24. The first-order valence-electron chi connectivity index (χ1n) is 5.75. The van der Waals surface area contributed by atoms with Crippen LogP contribution in [0.25, 0.3) is 0 Å². The van der Waals surface area contributed by atoms with Crippen LogP contribution in [0.1, 0.15) is 0 Å². The highest BCUT2D eigenvalue weighted by Crippen LogP contribution is 2.31. The van der Waals surface area contributed by atoms with Crippen molar-refractivity contribution in [2.24, 2.45) is 0 Å². The summed E-state index contributed by atoms with van der Waals surface area (Å²) in [4.78, 5) is 0. The zero-order valence-corrected chi connectivity index (χ0v) is 10.00. The molecule has 7 heteroatoms. The second-order valence-electron chi connectivity index (χ2n) is 3.95. The minimum absolute atomic E-state index is 0.00667. The predicted octanol–water partition coefficient (Wildman–Crippen LogP) is 1.75. The molecule has 1 fully saturated rings. The lowest BCUT2D eigenvalue weighted by atomic mass is 10.3. The second-order valence-corrected chi connectivity index (χ2v) is 3.95. The van der Waals surface area contributed by atoms with Gasteiger partial charge in [-0.05, 0) is 6.07 Å². The third-order valence-electron chi connectivity index (χ3n) is 2.44. The van der Waals surface area contributed by atoms with E-state index in [1.54, 1.807) is 0 Å². The number of para-hydroxylation sites is 1. The van der Waals surface area contributed by atoms with Gasteiger partial charge < -0.3 is 19.5 Å². The molecule has 0 spiro atoms. The summed E-state index contributed by atoms with van der Waals surface area (Å²) in [5.41, 5.74) is 0. The highest BCUT2D eigenvalue weighted by Gasteiger charge is 2.32. The molecule has 1 radical (unpaired) electrons. The molecule has 1 aliphatic rings. The van der Waals surface area contributed by atoms with Gasteiger partial charge >= 0.3 is 6.36 Å². The fourth-order valence-corrected chi connectivity index (χ4v) is 1.63. The number of hydrogen-bond donors (Lipinski definition) is 1. The molecular formula is C12H13F3NO3. The van der Waals surface area contributed by atoms with Crippen molar-refractivity contribution in [3.05, 3.63) is 24.3 Å². The molecule has 2 rings (SSSR count). The number of rotatable bonds is 4. The quantitative estimate of drug-likeness (QED) is 0.909. The van der Waals surface area contributed by atoms with Crippen molar-refractivity contribution in [3.8, 4) is 11.5 Å². The predicted molar refractivity (Wildman–Crippen MR) is 60.1 cm³/mol. The average Bonchev–Trinajstić information content (AvgIpc) is 2.37. The van der Waals surface area contributed by atoms with E-state index in [1.165, 1.54) is 18.2 Å². The minimum Gasteiger partial charge on any atom is -0.488 e. The Morgan fingerprint density at radius 1 is 1.47 bits per heavy atom. The molecule has 1 N–H and O–H groups in total. The number of morpholine rings is 1. The normalized spacial score (nSPS) is 20.1. The number of alkyl halides is 3. The lowest BCUT2D eigenvalue weighted by molar-refractivity contribution is -0.275. The van der Waals surface area contributed by atoms with Gasteiger partial charge in [0.05, 0.1) is 19.3 Å². The number of nitrogens with one attached hydrogen (secondary N) is 1. The Bertz CT molecular complexity index is 405. The number of halogens is 3. The standard InChI is InChI=1S/C12H13F3NO3/c13-12(14,15)19-11-4-2-1-3-10(11)18-8-9-7-17-6-5-16-9/h1-3,9,16H,5-8H2/t9-/m1/s1. The third-order valence-corrected chi connectivity index (χ3v) is 2.44. The zero-order valence-electron chi connectivity index (χ0n) is 10.00. The van der Waals surface area contributed by atoms with Gasteiger partial charge in [-0.2, -0.15) is 0 Å². The smallest absolute Gasteiger partial charge is 0.488 e. The van der Waals surface area contributed by atoms with Crippen molar-refractivity contribution in [2.45, 2.75) is 12.4 Å². The summed E-state index contributed by atoms with van der Waals surface area (Å²) in [5, 5.41) is 3.13. The summed E-state index contributed by atoms with van der Waals surface area (Å²) in [5.74, 6) is -0.459. The number of ether oxygens (including phenoxy) is 3. The van der Waals surface area contributed by atoms with E-state index in [2.05, 4.69) is 16.1 Å². The number of benzene rings is 1. The summed E-state index contributed by atoms with van der Waals surface area (Å²) in [7, 11) is 0. The van der Waals surface area contributed by atoms with Crippen LogP contribution in [0, 0.1) is 6.07 Å². The van der Waals surface area contributed by atoms with Gasteiger partial charge in [0.15, 0.2) is 11.5 Å².